The van der Waals surface area contributed by atoms with Crippen molar-refractivity contribution in [3.63, 3.8) is 0 Å². The number of hydrogen-bond acceptors (Lipinski definition) is 4. The van der Waals surface area contributed by atoms with Gasteiger partial charge in [0.25, 0.3) is 11.8 Å². The number of benzene rings is 2. The highest BCUT2D eigenvalue weighted by atomic mass is 79.9. The highest BCUT2D eigenvalue weighted by Crippen LogP contribution is 2.16. The maximum absolute atomic E-state index is 12.2. The van der Waals surface area contributed by atoms with E-state index in [1.54, 1.807) is 60.7 Å². The summed E-state index contributed by atoms with van der Waals surface area (Å²) >= 11 is 8.50. The lowest BCUT2D eigenvalue weighted by atomic mass is 10.2. The fourth-order valence-corrected chi connectivity index (χ4v) is 2.69. The summed E-state index contributed by atoms with van der Waals surface area (Å²) in [6.45, 7) is 0. The molecule has 0 unspecified atom stereocenters. The SMILES string of the molecule is O=C(NC(=S)Nc1cccc(NC(=O)c2ccco2)c1)c1ccc(Br)cc1. The van der Waals surface area contributed by atoms with Crippen molar-refractivity contribution in [1.82, 2.24) is 5.32 Å². The van der Waals surface area contributed by atoms with Gasteiger partial charge in [0.15, 0.2) is 10.9 Å². The second-order valence-corrected chi connectivity index (χ2v) is 6.75. The molecule has 6 nitrogen and oxygen atoms in total. The average molecular weight is 444 g/mol. The monoisotopic (exact) mass is 443 g/mol. The van der Waals surface area contributed by atoms with Crippen LogP contribution < -0.4 is 16.0 Å². The summed E-state index contributed by atoms with van der Waals surface area (Å²) in [5, 5.41) is 8.40. The molecule has 136 valence electrons. The Morgan fingerprint density at radius 1 is 0.889 bits per heavy atom. The Balaban J connectivity index is 1.60. The van der Waals surface area contributed by atoms with Crippen LogP contribution in [0, 0.1) is 0 Å². The summed E-state index contributed by atoms with van der Waals surface area (Å²) in [5.41, 5.74) is 1.67. The molecule has 2 aromatic carbocycles. The van der Waals surface area contributed by atoms with Gasteiger partial charge in [-0.25, -0.2) is 0 Å². The van der Waals surface area contributed by atoms with Gasteiger partial charge in [-0.05, 0) is 66.8 Å². The molecule has 0 aliphatic carbocycles. The molecule has 0 bridgehead atoms. The van der Waals surface area contributed by atoms with Crippen molar-refractivity contribution in [1.29, 1.82) is 0 Å². The molecule has 0 fully saturated rings. The van der Waals surface area contributed by atoms with Gasteiger partial charge in [0.2, 0.25) is 0 Å². The zero-order valence-corrected chi connectivity index (χ0v) is 16.3. The number of anilines is 2. The molecule has 27 heavy (non-hydrogen) atoms. The number of carbonyl (C=O) groups is 2. The van der Waals surface area contributed by atoms with Crippen LogP contribution in [0.1, 0.15) is 20.9 Å². The van der Waals surface area contributed by atoms with Gasteiger partial charge in [0, 0.05) is 21.4 Å². The van der Waals surface area contributed by atoms with Crippen LogP contribution >= 0.6 is 28.1 Å². The zero-order valence-electron chi connectivity index (χ0n) is 13.9. The predicted octanol–water partition coefficient (Wildman–Crippen LogP) is 4.42. The first-order valence-electron chi connectivity index (χ1n) is 7.84. The summed E-state index contributed by atoms with van der Waals surface area (Å²) < 4.78 is 5.94. The van der Waals surface area contributed by atoms with Crippen molar-refractivity contribution >= 4 is 56.4 Å². The van der Waals surface area contributed by atoms with E-state index in [0.29, 0.717) is 16.9 Å². The highest BCUT2D eigenvalue weighted by Gasteiger charge is 2.10. The van der Waals surface area contributed by atoms with Crippen LogP contribution in [0.25, 0.3) is 0 Å². The molecule has 0 saturated carbocycles. The van der Waals surface area contributed by atoms with Crippen molar-refractivity contribution in [2.75, 3.05) is 10.6 Å². The summed E-state index contributed by atoms with van der Waals surface area (Å²) in [7, 11) is 0. The van der Waals surface area contributed by atoms with Gasteiger partial charge in [-0.2, -0.15) is 0 Å². The van der Waals surface area contributed by atoms with Crippen LogP contribution in [0.5, 0.6) is 0 Å². The second-order valence-electron chi connectivity index (χ2n) is 5.43. The second kappa shape index (κ2) is 8.61. The number of hydrogen-bond donors (Lipinski definition) is 3. The highest BCUT2D eigenvalue weighted by molar-refractivity contribution is 9.10. The quantitative estimate of drug-likeness (QED) is 0.519. The first-order valence-corrected chi connectivity index (χ1v) is 9.04. The molecule has 3 N–H and O–H groups in total. The molecular weight excluding hydrogens is 430 g/mol. The summed E-state index contributed by atoms with van der Waals surface area (Å²) in [6, 6.07) is 17.1. The summed E-state index contributed by atoms with van der Waals surface area (Å²) in [5.74, 6) is -0.462. The van der Waals surface area contributed by atoms with E-state index in [4.69, 9.17) is 16.6 Å². The smallest absolute Gasteiger partial charge is 0.291 e. The van der Waals surface area contributed by atoms with Crippen LogP contribution in [0.15, 0.2) is 75.8 Å². The van der Waals surface area contributed by atoms with E-state index in [2.05, 4.69) is 31.9 Å². The number of carbonyl (C=O) groups excluding carboxylic acids is 2. The summed E-state index contributed by atoms with van der Waals surface area (Å²) in [6.07, 6.45) is 1.43. The van der Waals surface area contributed by atoms with E-state index < -0.39 is 0 Å². The normalized spacial score (nSPS) is 10.1. The van der Waals surface area contributed by atoms with Gasteiger partial charge < -0.3 is 15.1 Å². The third-order valence-electron chi connectivity index (χ3n) is 3.46. The third-order valence-corrected chi connectivity index (χ3v) is 4.19. The Bertz CT molecular complexity index is 972. The van der Waals surface area contributed by atoms with Crippen molar-refractivity contribution in [3.05, 3.63) is 82.7 Å². The van der Waals surface area contributed by atoms with Crippen molar-refractivity contribution in [2.45, 2.75) is 0 Å². The Labute approximate surface area is 169 Å². The lowest BCUT2D eigenvalue weighted by molar-refractivity contribution is 0.0975. The maximum Gasteiger partial charge on any atom is 0.291 e. The van der Waals surface area contributed by atoms with E-state index >= 15 is 0 Å². The molecule has 8 heteroatoms. The molecule has 2 amide bonds. The lowest BCUT2D eigenvalue weighted by Gasteiger charge is -2.11. The van der Waals surface area contributed by atoms with Gasteiger partial charge in [-0.3, -0.25) is 14.9 Å². The molecular formula is C19H14BrN3O3S. The van der Waals surface area contributed by atoms with E-state index in [1.807, 2.05) is 0 Å². The minimum Gasteiger partial charge on any atom is -0.459 e. The van der Waals surface area contributed by atoms with Crippen LogP contribution in [-0.2, 0) is 0 Å². The molecule has 0 saturated heterocycles. The molecule has 3 aromatic rings. The Kier molecular flexibility index (Phi) is 6.00. The maximum atomic E-state index is 12.2. The van der Waals surface area contributed by atoms with E-state index in [9.17, 15) is 9.59 Å². The molecule has 3 rings (SSSR count). The Hall–Kier alpha value is -2.97. The molecule has 0 atom stereocenters. The number of rotatable bonds is 4. The molecule has 0 spiro atoms. The van der Waals surface area contributed by atoms with Gasteiger partial charge in [0.1, 0.15) is 0 Å². The standard InChI is InChI=1S/C19H14BrN3O3S/c20-13-8-6-12(7-9-13)17(24)23-19(27)22-15-4-1-3-14(11-15)21-18(25)16-5-2-10-26-16/h1-11H,(H,21,25)(H2,22,23,24,27). The van der Waals surface area contributed by atoms with Gasteiger partial charge in [-0.15, -0.1) is 0 Å². The summed E-state index contributed by atoms with van der Waals surface area (Å²) in [4.78, 5) is 24.2. The largest absolute Gasteiger partial charge is 0.459 e. The van der Waals surface area contributed by atoms with Crippen molar-refractivity contribution in [3.8, 4) is 0 Å². The number of nitrogens with one attached hydrogen (secondary N) is 3. The average Bonchev–Trinajstić information content (AvgIpc) is 3.17. The molecule has 1 aromatic heterocycles. The number of amides is 2. The van der Waals surface area contributed by atoms with Crippen molar-refractivity contribution in [2.24, 2.45) is 0 Å². The van der Waals surface area contributed by atoms with E-state index in [1.165, 1.54) is 6.26 Å². The van der Waals surface area contributed by atoms with Gasteiger partial charge in [0.05, 0.1) is 6.26 Å². The molecule has 1 heterocycles. The topological polar surface area (TPSA) is 83.4 Å². The lowest BCUT2D eigenvalue weighted by Crippen LogP contribution is -2.34. The van der Waals surface area contributed by atoms with Crippen LogP contribution in [0.4, 0.5) is 11.4 Å². The number of halogens is 1. The molecule has 0 aliphatic rings. The van der Waals surface area contributed by atoms with E-state index in [0.717, 1.165) is 4.47 Å². The third kappa shape index (κ3) is 5.25. The minimum atomic E-state index is -0.358. The van der Waals surface area contributed by atoms with E-state index in [-0.39, 0.29) is 22.7 Å². The number of furan rings is 1. The van der Waals surface area contributed by atoms with Crippen molar-refractivity contribution < 1.29 is 14.0 Å². The molecule has 0 aliphatic heterocycles. The first kappa shape index (κ1) is 18.8. The molecule has 0 radical (unpaired) electrons. The Morgan fingerprint density at radius 3 is 2.26 bits per heavy atom. The fraction of sp³-hybridized carbons (Fsp3) is 0. The minimum absolute atomic E-state index is 0.150. The fourth-order valence-electron chi connectivity index (χ4n) is 2.21. The van der Waals surface area contributed by atoms with Gasteiger partial charge >= 0.3 is 0 Å². The van der Waals surface area contributed by atoms with Crippen LogP contribution in [0.3, 0.4) is 0 Å². The zero-order chi connectivity index (χ0) is 19.2. The number of thiocarbonyl (C=S) groups is 1. The van der Waals surface area contributed by atoms with Gasteiger partial charge in [-0.1, -0.05) is 22.0 Å². The predicted molar refractivity (Wildman–Crippen MR) is 111 cm³/mol. The van der Waals surface area contributed by atoms with Crippen LogP contribution in [-0.4, -0.2) is 16.9 Å². The Morgan fingerprint density at radius 2 is 1.59 bits per heavy atom. The first-order chi connectivity index (χ1) is 13.0. The van der Waals surface area contributed by atoms with Crippen LogP contribution in [0.2, 0.25) is 0 Å².